The largest absolute Gasteiger partial charge is 0.481 e. The highest BCUT2D eigenvalue weighted by atomic mass is 16.6. The number of carbonyl (C=O) groups is 2. The Balaban J connectivity index is 3.81. The summed E-state index contributed by atoms with van der Waals surface area (Å²) in [5, 5.41) is 8.58. The minimum Gasteiger partial charge on any atom is -0.481 e. The molecule has 0 aromatic rings. The monoisotopic (exact) mass is 202 g/mol. The Labute approximate surface area is 84.3 Å². The number of hydrogen-bond donors (Lipinski definition) is 1. The number of ether oxygens (including phenoxy) is 1. The van der Waals surface area contributed by atoms with Crippen molar-refractivity contribution in [2.75, 3.05) is 0 Å². The van der Waals surface area contributed by atoms with Gasteiger partial charge in [-0.25, -0.2) is 0 Å². The topological polar surface area (TPSA) is 63.6 Å². The van der Waals surface area contributed by atoms with Crippen molar-refractivity contribution < 1.29 is 19.4 Å². The Hall–Kier alpha value is -1.06. The Morgan fingerprint density at radius 1 is 1.36 bits per heavy atom. The first-order valence-electron chi connectivity index (χ1n) is 4.67. The quantitative estimate of drug-likeness (QED) is 0.706. The lowest BCUT2D eigenvalue weighted by molar-refractivity contribution is -0.155. The highest BCUT2D eigenvalue weighted by Crippen LogP contribution is 2.12. The van der Waals surface area contributed by atoms with Gasteiger partial charge in [-0.05, 0) is 27.2 Å². The summed E-state index contributed by atoms with van der Waals surface area (Å²) in [4.78, 5) is 21.6. The van der Waals surface area contributed by atoms with Crippen molar-refractivity contribution in [3.63, 3.8) is 0 Å². The summed E-state index contributed by atoms with van der Waals surface area (Å²) in [5.74, 6) is -1.72. The molecule has 0 aliphatic carbocycles. The standard InChI is InChI=1S/C10H18O4/c1-7(9(12)13)5-6-8(11)14-10(2,3)4/h7H,5-6H2,1-4H3,(H,12,13). The van der Waals surface area contributed by atoms with E-state index in [2.05, 4.69) is 0 Å². The van der Waals surface area contributed by atoms with E-state index in [1.807, 2.05) is 0 Å². The van der Waals surface area contributed by atoms with E-state index in [9.17, 15) is 9.59 Å². The average Bonchev–Trinajstić information content (AvgIpc) is 1.96. The molecule has 0 rings (SSSR count). The molecule has 0 bridgehead atoms. The summed E-state index contributed by atoms with van der Waals surface area (Å²) < 4.78 is 5.04. The van der Waals surface area contributed by atoms with Gasteiger partial charge in [-0.15, -0.1) is 0 Å². The van der Waals surface area contributed by atoms with E-state index in [1.165, 1.54) is 0 Å². The van der Waals surface area contributed by atoms with Crippen molar-refractivity contribution in [3.8, 4) is 0 Å². The fourth-order valence-corrected chi connectivity index (χ4v) is 0.850. The molecule has 0 fully saturated rings. The number of carbonyl (C=O) groups excluding carboxylic acids is 1. The zero-order valence-corrected chi connectivity index (χ0v) is 9.16. The third-order valence-electron chi connectivity index (χ3n) is 1.62. The van der Waals surface area contributed by atoms with Crippen LogP contribution in [0.15, 0.2) is 0 Å². The van der Waals surface area contributed by atoms with Crippen LogP contribution in [0.5, 0.6) is 0 Å². The van der Waals surface area contributed by atoms with Gasteiger partial charge >= 0.3 is 11.9 Å². The van der Waals surface area contributed by atoms with Gasteiger partial charge in [0.05, 0.1) is 5.92 Å². The first-order valence-corrected chi connectivity index (χ1v) is 4.67. The molecule has 1 atom stereocenters. The van der Waals surface area contributed by atoms with Crippen LogP contribution in [-0.2, 0) is 14.3 Å². The molecular weight excluding hydrogens is 184 g/mol. The summed E-state index contributed by atoms with van der Waals surface area (Å²) in [6, 6.07) is 0. The molecule has 0 aromatic carbocycles. The molecule has 0 radical (unpaired) electrons. The van der Waals surface area contributed by atoms with Gasteiger partial charge in [-0.1, -0.05) is 6.92 Å². The normalized spacial score (nSPS) is 13.4. The lowest BCUT2D eigenvalue weighted by Gasteiger charge is -2.19. The van der Waals surface area contributed by atoms with Crippen LogP contribution in [0.4, 0.5) is 0 Å². The predicted molar refractivity (Wildman–Crippen MR) is 51.9 cm³/mol. The van der Waals surface area contributed by atoms with Gasteiger partial charge in [0.15, 0.2) is 0 Å². The van der Waals surface area contributed by atoms with Crippen molar-refractivity contribution in [3.05, 3.63) is 0 Å². The molecule has 0 aliphatic rings. The molecule has 0 amide bonds. The van der Waals surface area contributed by atoms with E-state index in [4.69, 9.17) is 9.84 Å². The predicted octanol–water partition coefficient (Wildman–Crippen LogP) is 1.83. The van der Waals surface area contributed by atoms with Gasteiger partial charge in [0.25, 0.3) is 0 Å². The third-order valence-corrected chi connectivity index (χ3v) is 1.62. The molecule has 0 aliphatic heterocycles. The lowest BCUT2D eigenvalue weighted by atomic mass is 10.1. The molecule has 0 saturated heterocycles. The van der Waals surface area contributed by atoms with Crippen LogP contribution in [0.3, 0.4) is 0 Å². The van der Waals surface area contributed by atoms with E-state index < -0.39 is 17.5 Å². The number of esters is 1. The lowest BCUT2D eigenvalue weighted by Crippen LogP contribution is -2.24. The number of rotatable bonds is 4. The summed E-state index contributed by atoms with van der Waals surface area (Å²) >= 11 is 0. The van der Waals surface area contributed by atoms with Crippen molar-refractivity contribution in [2.45, 2.75) is 46.1 Å². The summed E-state index contributed by atoms with van der Waals surface area (Å²) in [6.07, 6.45) is 0.481. The molecule has 1 N–H and O–H groups in total. The molecule has 0 spiro atoms. The van der Waals surface area contributed by atoms with E-state index in [1.54, 1.807) is 27.7 Å². The first kappa shape index (κ1) is 12.9. The van der Waals surface area contributed by atoms with Crippen LogP contribution >= 0.6 is 0 Å². The maximum Gasteiger partial charge on any atom is 0.306 e. The van der Waals surface area contributed by atoms with Crippen molar-refractivity contribution in [1.82, 2.24) is 0 Å². The molecule has 0 aromatic heterocycles. The van der Waals surface area contributed by atoms with Crippen LogP contribution in [-0.4, -0.2) is 22.6 Å². The summed E-state index contributed by atoms with van der Waals surface area (Å²) in [5.41, 5.74) is -0.496. The highest BCUT2D eigenvalue weighted by molar-refractivity contribution is 5.73. The average molecular weight is 202 g/mol. The van der Waals surface area contributed by atoms with E-state index in [0.29, 0.717) is 6.42 Å². The second-order valence-electron chi connectivity index (χ2n) is 4.36. The number of carboxylic acids is 1. The minimum absolute atomic E-state index is 0.157. The van der Waals surface area contributed by atoms with Crippen LogP contribution in [0.2, 0.25) is 0 Å². The van der Waals surface area contributed by atoms with E-state index in [-0.39, 0.29) is 12.4 Å². The maximum absolute atomic E-state index is 11.2. The molecular formula is C10H18O4. The van der Waals surface area contributed by atoms with Crippen LogP contribution in [0.1, 0.15) is 40.5 Å². The van der Waals surface area contributed by atoms with Crippen LogP contribution in [0, 0.1) is 5.92 Å². The third kappa shape index (κ3) is 6.46. The van der Waals surface area contributed by atoms with E-state index >= 15 is 0 Å². The fourth-order valence-electron chi connectivity index (χ4n) is 0.850. The molecule has 1 unspecified atom stereocenters. The van der Waals surface area contributed by atoms with Crippen molar-refractivity contribution in [1.29, 1.82) is 0 Å². The number of hydrogen-bond acceptors (Lipinski definition) is 3. The van der Waals surface area contributed by atoms with Crippen LogP contribution < -0.4 is 0 Å². The number of aliphatic carboxylic acids is 1. The molecule has 0 saturated carbocycles. The Morgan fingerprint density at radius 2 is 1.86 bits per heavy atom. The molecule has 0 heterocycles. The zero-order valence-electron chi connectivity index (χ0n) is 9.16. The summed E-state index contributed by atoms with van der Waals surface area (Å²) in [7, 11) is 0. The fraction of sp³-hybridized carbons (Fsp3) is 0.800. The second-order valence-corrected chi connectivity index (χ2v) is 4.36. The summed E-state index contributed by atoms with van der Waals surface area (Å²) in [6.45, 7) is 6.93. The first-order chi connectivity index (χ1) is 6.22. The minimum atomic E-state index is -0.881. The molecule has 4 nitrogen and oxygen atoms in total. The van der Waals surface area contributed by atoms with E-state index in [0.717, 1.165) is 0 Å². The van der Waals surface area contributed by atoms with Crippen molar-refractivity contribution >= 4 is 11.9 Å². The van der Waals surface area contributed by atoms with Crippen molar-refractivity contribution in [2.24, 2.45) is 5.92 Å². The van der Waals surface area contributed by atoms with Crippen LogP contribution in [0.25, 0.3) is 0 Å². The van der Waals surface area contributed by atoms with Gasteiger partial charge in [-0.3, -0.25) is 9.59 Å². The molecule has 14 heavy (non-hydrogen) atoms. The Kier molecular flexibility index (Phi) is 4.60. The number of carboxylic acid groups (broad SMARTS) is 1. The molecule has 4 heteroatoms. The maximum atomic E-state index is 11.2. The SMILES string of the molecule is CC(CCC(=O)OC(C)(C)C)C(=O)O. The van der Waals surface area contributed by atoms with Gasteiger partial charge in [0.1, 0.15) is 5.60 Å². The zero-order chi connectivity index (χ0) is 11.4. The van der Waals surface area contributed by atoms with Gasteiger partial charge in [-0.2, -0.15) is 0 Å². The van der Waals surface area contributed by atoms with Gasteiger partial charge < -0.3 is 9.84 Å². The Bertz CT molecular complexity index is 215. The smallest absolute Gasteiger partial charge is 0.306 e. The Morgan fingerprint density at radius 3 is 2.21 bits per heavy atom. The van der Waals surface area contributed by atoms with Gasteiger partial charge in [0, 0.05) is 6.42 Å². The highest BCUT2D eigenvalue weighted by Gasteiger charge is 2.18. The molecule has 82 valence electrons. The second kappa shape index (κ2) is 4.98. The van der Waals surface area contributed by atoms with Gasteiger partial charge in [0.2, 0.25) is 0 Å².